The molecule has 1 aliphatic heterocycles. The van der Waals surface area contributed by atoms with E-state index in [4.69, 9.17) is 0 Å². The van der Waals surface area contributed by atoms with Gasteiger partial charge in [-0.1, -0.05) is 62.4 Å². The zero-order valence-electron chi connectivity index (χ0n) is 24.2. The number of amides is 1. The average molecular weight is 539 g/mol. The predicted molar refractivity (Wildman–Crippen MR) is 169 cm³/mol. The van der Waals surface area contributed by atoms with E-state index in [1.807, 2.05) is 26.2 Å². The molecule has 212 valence electrons. The summed E-state index contributed by atoms with van der Waals surface area (Å²) in [4.78, 5) is 20.0. The maximum atomic E-state index is 13.5. The maximum Gasteiger partial charge on any atom is 0.267 e. The Labute approximate surface area is 241 Å². The van der Waals surface area contributed by atoms with E-state index in [9.17, 15) is 4.79 Å². The van der Waals surface area contributed by atoms with Crippen LogP contribution in [0.4, 0.5) is 5.69 Å². The monoisotopic (exact) mass is 538 g/mol. The van der Waals surface area contributed by atoms with Gasteiger partial charge in [0.25, 0.3) is 5.91 Å². The molecule has 2 aliphatic carbocycles. The molecule has 3 aromatic rings. The largest absolute Gasteiger partial charge is 0.371 e. The average Bonchev–Trinajstić information content (AvgIpc) is 3.32. The van der Waals surface area contributed by atoms with Crippen LogP contribution < -0.4 is 10.2 Å². The van der Waals surface area contributed by atoms with Gasteiger partial charge in [-0.3, -0.25) is 9.78 Å². The van der Waals surface area contributed by atoms with E-state index >= 15 is 0 Å². The molecule has 1 amide bonds. The summed E-state index contributed by atoms with van der Waals surface area (Å²) in [7, 11) is 0. The van der Waals surface area contributed by atoms with Gasteiger partial charge in [-0.2, -0.15) is 0 Å². The fraction of sp³-hybridized carbons (Fsp3) is 0.429. The van der Waals surface area contributed by atoms with Gasteiger partial charge in [0, 0.05) is 56.6 Å². The van der Waals surface area contributed by atoms with Crippen LogP contribution in [0.3, 0.4) is 0 Å². The Balaban J connectivity index is 0.00000126. The summed E-state index contributed by atoms with van der Waals surface area (Å²) in [6.07, 6.45) is 17.2. The van der Waals surface area contributed by atoms with E-state index in [0.717, 1.165) is 68.5 Å². The molecule has 2 unspecified atom stereocenters. The van der Waals surface area contributed by atoms with Crippen molar-refractivity contribution < 1.29 is 6.22 Å². The van der Waals surface area contributed by atoms with Crippen LogP contribution in [0.1, 0.15) is 64.3 Å². The molecule has 2 aromatic heterocycles. The van der Waals surface area contributed by atoms with Crippen LogP contribution >= 0.6 is 0 Å². The smallest absolute Gasteiger partial charge is 0.267 e. The van der Waals surface area contributed by atoms with Gasteiger partial charge in [-0.05, 0) is 86.1 Å². The number of carbonyl (C=O) groups is 1. The van der Waals surface area contributed by atoms with Crippen LogP contribution in [-0.2, 0) is 6.54 Å². The van der Waals surface area contributed by atoms with Crippen molar-refractivity contribution in [3.63, 3.8) is 0 Å². The van der Waals surface area contributed by atoms with Crippen LogP contribution in [0.5, 0.6) is 0 Å². The number of hydrogen-bond acceptors (Lipinski definition) is 3. The molecular weight excluding hydrogens is 492 g/mol. The first-order valence-corrected chi connectivity index (χ1v) is 15.2. The van der Waals surface area contributed by atoms with Gasteiger partial charge in [0.15, 0.2) is 0 Å². The first-order chi connectivity index (χ1) is 19.7. The number of para-hydroxylation sites is 1. The normalized spacial score (nSPS) is 20.7. The van der Waals surface area contributed by atoms with Gasteiger partial charge < -0.3 is 14.8 Å². The van der Waals surface area contributed by atoms with Crippen molar-refractivity contribution in [2.24, 2.45) is 17.8 Å². The number of anilines is 1. The third-order valence-electron chi connectivity index (χ3n) is 9.01. The summed E-state index contributed by atoms with van der Waals surface area (Å²) in [5.74, 6) is 1.83. The number of rotatable bonds is 8. The van der Waals surface area contributed by atoms with E-state index in [-0.39, 0.29) is 7.33 Å². The van der Waals surface area contributed by atoms with E-state index in [2.05, 4.69) is 87.0 Å². The molecule has 2 fully saturated rings. The third kappa shape index (κ3) is 5.94. The molecule has 3 heterocycles. The summed E-state index contributed by atoms with van der Waals surface area (Å²) < 4.78 is 2.25. The minimum Gasteiger partial charge on any atom is -0.371 e. The molecule has 5 heteroatoms. The molecule has 2 atom stereocenters. The number of benzene rings is 1. The van der Waals surface area contributed by atoms with Gasteiger partial charge >= 0.3 is 0 Å². The lowest BCUT2D eigenvalue weighted by Gasteiger charge is -2.39. The summed E-state index contributed by atoms with van der Waals surface area (Å²) in [6, 6.07) is 14.6. The van der Waals surface area contributed by atoms with Crippen molar-refractivity contribution in [1.82, 2.24) is 14.9 Å². The highest BCUT2D eigenvalue weighted by Gasteiger charge is 2.35. The van der Waals surface area contributed by atoms with Crippen LogP contribution in [0, 0.1) is 17.8 Å². The molecule has 6 rings (SSSR count). The lowest BCUT2D eigenvalue weighted by molar-refractivity contribution is 0.0936. The summed E-state index contributed by atoms with van der Waals surface area (Å²) in [5.41, 5.74) is 6.14. The Morgan fingerprint density at radius 3 is 2.52 bits per heavy atom. The van der Waals surface area contributed by atoms with Crippen molar-refractivity contribution in [3.05, 3.63) is 96.5 Å². The van der Waals surface area contributed by atoms with Crippen molar-refractivity contribution in [3.8, 4) is 0 Å². The van der Waals surface area contributed by atoms with E-state index < -0.39 is 0 Å². The second kappa shape index (κ2) is 13.2. The number of carbonyl (C=O) groups excluding carboxylic acids is 1. The van der Waals surface area contributed by atoms with Crippen molar-refractivity contribution in [1.29, 1.82) is 0 Å². The number of fused-ring (bicyclic) bond motifs is 2. The Morgan fingerprint density at radius 2 is 1.80 bits per heavy atom. The van der Waals surface area contributed by atoms with Crippen molar-refractivity contribution in [2.75, 3.05) is 24.5 Å². The second-order valence-electron chi connectivity index (χ2n) is 11.0. The topological polar surface area (TPSA) is 50.2 Å². The highest BCUT2D eigenvalue weighted by atomic mass is 16.1. The SMILES string of the molecule is C=CC1=CCC=C(CCn2c(C(=O)NCC3CCN(c4ccncc4)CC3)cc3ccccc32)C2CCC12.CC.[HH]. The first-order valence-electron chi connectivity index (χ1n) is 15.2. The molecular formula is C35H46N4O. The number of aryl methyl sites for hydroxylation is 1. The number of hydrogen-bond donors (Lipinski definition) is 1. The maximum absolute atomic E-state index is 13.5. The lowest BCUT2D eigenvalue weighted by atomic mass is 9.66. The summed E-state index contributed by atoms with van der Waals surface area (Å²) >= 11 is 0. The number of pyridine rings is 1. The zero-order chi connectivity index (χ0) is 27.9. The first kappa shape index (κ1) is 27.9. The standard InChI is InChI=1S/C33H38N4O.C2H6.H2/c1-2-25-7-5-8-26(30-11-10-29(25)30)16-21-37-31-9-4-3-6-27(31)22-32(37)33(38)35-23-24-14-19-36(20-15-24)28-12-17-34-18-13-28;1-2;/h2-4,6-9,12-13,17-18,22,24,29-30H,1,5,10-11,14-16,19-21,23H2,(H,35,38);1-2H3;1H. The second-order valence-corrected chi connectivity index (χ2v) is 11.0. The molecule has 3 aliphatic rings. The van der Waals surface area contributed by atoms with E-state index in [1.54, 1.807) is 5.57 Å². The van der Waals surface area contributed by atoms with Crippen LogP contribution in [-0.4, -0.2) is 35.1 Å². The number of aromatic nitrogens is 2. The number of allylic oxidation sites excluding steroid dienone is 5. The lowest BCUT2D eigenvalue weighted by Crippen LogP contribution is -2.39. The van der Waals surface area contributed by atoms with Gasteiger partial charge in [-0.15, -0.1) is 0 Å². The third-order valence-corrected chi connectivity index (χ3v) is 9.01. The fourth-order valence-electron chi connectivity index (χ4n) is 6.67. The summed E-state index contributed by atoms with van der Waals surface area (Å²) in [5, 5.41) is 4.43. The van der Waals surface area contributed by atoms with Gasteiger partial charge in [0.05, 0.1) is 0 Å². The predicted octanol–water partition coefficient (Wildman–Crippen LogP) is 7.81. The Bertz CT molecular complexity index is 1370. The molecule has 0 spiro atoms. The number of nitrogens with one attached hydrogen (secondary N) is 1. The quantitative estimate of drug-likeness (QED) is 0.298. The van der Waals surface area contributed by atoms with Gasteiger partial charge in [0.2, 0.25) is 0 Å². The van der Waals surface area contributed by atoms with E-state index in [1.165, 1.54) is 24.1 Å². The van der Waals surface area contributed by atoms with Crippen LogP contribution in [0.2, 0.25) is 0 Å². The van der Waals surface area contributed by atoms with Crippen molar-refractivity contribution >= 4 is 22.5 Å². The molecule has 1 N–H and O–H groups in total. The Morgan fingerprint density at radius 1 is 1.05 bits per heavy atom. The number of nitrogens with zero attached hydrogens (tertiary/aromatic N) is 3. The molecule has 0 radical (unpaired) electrons. The minimum absolute atomic E-state index is 0. The van der Waals surface area contributed by atoms with Crippen LogP contribution in [0.25, 0.3) is 10.9 Å². The molecule has 1 saturated heterocycles. The zero-order valence-corrected chi connectivity index (χ0v) is 24.2. The molecule has 5 nitrogen and oxygen atoms in total. The van der Waals surface area contributed by atoms with Gasteiger partial charge in [-0.25, -0.2) is 0 Å². The highest BCUT2D eigenvalue weighted by Crippen LogP contribution is 2.47. The summed E-state index contributed by atoms with van der Waals surface area (Å²) in [6.45, 7) is 11.6. The van der Waals surface area contributed by atoms with Crippen LogP contribution in [0.15, 0.2) is 90.8 Å². The molecule has 1 aromatic carbocycles. The Hall–Kier alpha value is -3.60. The van der Waals surface area contributed by atoms with E-state index in [0.29, 0.717) is 17.8 Å². The molecule has 1 saturated carbocycles. The Kier molecular flexibility index (Phi) is 9.20. The van der Waals surface area contributed by atoms with Gasteiger partial charge in [0.1, 0.15) is 5.69 Å². The highest BCUT2D eigenvalue weighted by molar-refractivity contribution is 5.98. The van der Waals surface area contributed by atoms with Crippen molar-refractivity contribution in [2.45, 2.75) is 58.9 Å². The minimum atomic E-state index is 0. The molecule has 0 bridgehead atoms. The fourth-order valence-corrected chi connectivity index (χ4v) is 6.67. The molecule has 40 heavy (non-hydrogen) atoms. The number of piperidine rings is 1.